The maximum atomic E-state index is 13.5. The molecule has 0 bridgehead atoms. The molecule has 3 N–H and O–H groups in total. The topological polar surface area (TPSA) is 95.9 Å². The van der Waals surface area contributed by atoms with Crippen LogP contribution in [0.15, 0.2) is 24.3 Å². The zero-order valence-corrected chi connectivity index (χ0v) is 17.7. The highest BCUT2D eigenvalue weighted by Crippen LogP contribution is 2.42. The van der Waals surface area contributed by atoms with Crippen LogP contribution in [0.25, 0.3) is 0 Å². The minimum atomic E-state index is -4.78. The molecule has 0 aromatic heterocycles. The van der Waals surface area contributed by atoms with Gasteiger partial charge in [-0.3, -0.25) is 4.79 Å². The van der Waals surface area contributed by atoms with Crippen molar-refractivity contribution < 1.29 is 37.7 Å². The number of carbonyl (C=O) groups is 2. The molecule has 2 rings (SSSR count). The number of anilines is 1. The molecule has 0 aliphatic heterocycles. The Morgan fingerprint density at radius 2 is 1.50 bits per heavy atom. The number of aromatic carboxylic acids is 1. The molecule has 2 aromatic carbocycles. The van der Waals surface area contributed by atoms with Crippen molar-refractivity contribution in [3.8, 4) is 5.75 Å². The maximum Gasteiger partial charge on any atom is 0.442 e. The number of aliphatic hydroxyl groups is 1. The van der Waals surface area contributed by atoms with Crippen LogP contribution in [0.2, 0.25) is 20.1 Å². The quantitative estimate of drug-likeness (QED) is 0.183. The zero-order valence-electron chi connectivity index (χ0n) is 14.0. The summed E-state index contributed by atoms with van der Waals surface area (Å²) in [4.78, 5) is 24.1. The normalized spacial score (nSPS) is 13.5. The highest BCUT2D eigenvalue weighted by molar-refractivity contribution is 6.54. The molecular weight excluding hydrogens is 520 g/mol. The Morgan fingerprint density at radius 1 is 0.967 bits per heavy atom. The second kappa shape index (κ2) is 8.86. The fourth-order valence-corrected chi connectivity index (χ4v) is 3.15. The third-order valence-electron chi connectivity index (χ3n) is 3.40. The van der Waals surface area contributed by atoms with Gasteiger partial charge in [0, 0.05) is 11.8 Å². The number of amides is 1. The van der Waals surface area contributed by atoms with Crippen molar-refractivity contribution in [3.05, 3.63) is 55.5 Å². The van der Waals surface area contributed by atoms with Crippen molar-refractivity contribution >= 4 is 75.6 Å². The van der Waals surface area contributed by atoms with Gasteiger partial charge in [0.2, 0.25) is 0 Å². The van der Waals surface area contributed by atoms with Crippen molar-refractivity contribution in [2.24, 2.45) is 0 Å². The largest absolute Gasteiger partial charge is 0.478 e. The summed E-state index contributed by atoms with van der Waals surface area (Å²) < 4.78 is 43.3. The molecule has 0 saturated heterocycles. The SMILES string of the molecule is O=C(O)c1c(Cl)c(Cl)c(Cl)c(Cl)c1C(=O)Nc1cccc(OC(O)(F)C(F)(F)Cl)c1. The van der Waals surface area contributed by atoms with Crippen LogP contribution in [-0.4, -0.2) is 33.5 Å². The summed E-state index contributed by atoms with van der Waals surface area (Å²) in [5.74, 6) is -3.43. The number of hydrogen-bond donors (Lipinski definition) is 3. The van der Waals surface area contributed by atoms with Gasteiger partial charge >= 0.3 is 17.4 Å². The number of rotatable bonds is 6. The van der Waals surface area contributed by atoms with E-state index in [1.165, 1.54) is 6.07 Å². The van der Waals surface area contributed by atoms with Gasteiger partial charge in [-0.1, -0.05) is 52.5 Å². The molecule has 0 fully saturated rings. The molecule has 162 valence electrons. The van der Waals surface area contributed by atoms with E-state index in [4.69, 9.17) is 51.5 Å². The number of benzene rings is 2. The van der Waals surface area contributed by atoms with E-state index in [9.17, 15) is 27.9 Å². The van der Waals surface area contributed by atoms with Crippen molar-refractivity contribution in [1.29, 1.82) is 0 Å². The minimum Gasteiger partial charge on any atom is -0.478 e. The van der Waals surface area contributed by atoms with E-state index in [0.717, 1.165) is 18.2 Å². The lowest BCUT2D eigenvalue weighted by Crippen LogP contribution is -2.45. The first-order valence-electron chi connectivity index (χ1n) is 7.35. The predicted octanol–water partition coefficient (Wildman–Crippen LogP) is 6.08. The molecule has 1 amide bonds. The van der Waals surface area contributed by atoms with Gasteiger partial charge in [0.15, 0.2) is 0 Å². The van der Waals surface area contributed by atoms with Crippen LogP contribution >= 0.6 is 58.0 Å². The van der Waals surface area contributed by atoms with Crippen molar-refractivity contribution in [2.75, 3.05) is 5.32 Å². The van der Waals surface area contributed by atoms with Gasteiger partial charge in [-0.05, 0) is 23.7 Å². The van der Waals surface area contributed by atoms with Crippen LogP contribution in [0, 0.1) is 0 Å². The molecule has 0 aliphatic rings. The third-order valence-corrected chi connectivity index (χ3v) is 5.44. The lowest BCUT2D eigenvalue weighted by atomic mass is 10.1. The minimum absolute atomic E-state index is 0.194. The van der Waals surface area contributed by atoms with Crippen LogP contribution in [0.5, 0.6) is 5.75 Å². The number of carboxylic acid groups (broad SMARTS) is 1. The van der Waals surface area contributed by atoms with Crippen LogP contribution in [0.4, 0.5) is 18.9 Å². The Labute approximate surface area is 191 Å². The van der Waals surface area contributed by atoms with Gasteiger partial charge in [0.05, 0.1) is 31.2 Å². The average molecular weight is 527 g/mol. The highest BCUT2D eigenvalue weighted by Gasteiger charge is 2.56. The monoisotopic (exact) mass is 525 g/mol. The summed E-state index contributed by atoms with van der Waals surface area (Å²) in [6.07, 6.45) is 0. The van der Waals surface area contributed by atoms with E-state index < -0.39 is 55.2 Å². The van der Waals surface area contributed by atoms with Gasteiger partial charge in [0.25, 0.3) is 5.91 Å². The summed E-state index contributed by atoms with van der Waals surface area (Å²) in [7, 11) is 0. The zero-order chi connectivity index (χ0) is 23.0. The summed E-state index contributed by atoms with van der Waals surface area (Å²) in [5, 5.41) is 13.9. The number of alkyl halides is 4. The van der Waals surface area contributed by atoms with E-state index in [1.54, 1.807) is 0 Å². The van der Waals surface area contributed by atoms with Gasteiger partial charge in [-0.25, -0.2) is 4.79 Å². The van der Waals surface area contributed by atoms with E-state index in [-0.39, 0.29) is 10.7 Å². The first kappa shape index (κ1) is 24.6. The maximum absolute atomic E-state index is 13.5. The van der Waals surface area contributed by atoms with Gasteiger partial charge in [-0.15, -0.1) is 0 Å². The predicted molar refractivity (Wildman–Crippen MR) is 105 cm³/mol. The lowest BCUT2D eigenvalue weighted by Gasteiger charge is -2.24. The Morgan fingerprint density at radius 3 is 2.00 bits per heavy atom. The van der Waals surface area contributed by atoms with E-state index in [1.807, 2.05) is 0 Å². The molecule has 0 heterocycles. The Hall–Kier alpha value is -1.62. The molecule has 0 aliphatic carbocycles. The number of halogens is 8. The van der Waals surface area contributed by atoms with Crippen LogP contribution < -0.4 is 10.1 Å². The van der Waals surface area contributed by atoms with E-state index in [0.29, 0.717) is 0 Å². The van der Waals surface area contributed by atoms with E-state index >= 15 is 0 Å². The Kier molecular flexibility index (Phi) is 7.28. The number of nitrogens with one attached hydrogen (secondary N) is 1. The highest BCUT2D eigenvalue weighted by atomic mass is 35.5. The summed E-state index contributed by atoms with van der Waals surface area (Å²) in [5.41, 5.74) is -1.59. The molecule has 2 aromatic rings. The molecule has 1 atom stereocenters. The Balaban J connectivity index is 2.42. The van der Waals surface area contributed by atoms with Gasteiger partial charge < -0.3 is 20.3 Å². The van der Waals surface area contributed by atoms with Gasteiger partial charge in [-0.2, -0.15) is 13.2 Å². The summed E-state index contributed by atoms with van der Waals surface area (Å²) in [6, 6.07) is -0.426. The Bertz CT molecular complexity index is 1030. The van der Waals surface area contributed by atoms with Crippen molar-refractivity contribution in [3.63, 3.8) is 0 Å². The summed E-state index contributed by atoms with van der Waals surface area (Å²) in [6.45, 7) is 0. The lowest BCUT2D eigenvalue weighted by molar-refractivity contribution is -0.320. The smallest absolute Gasteiger partial charge is 0.442 e. The van der Waals surface area contributed by atoms with Crippen LogP contribution in [0.3, 0.4) is 0 Å². The average Bonchev–Trinajstić information content (AvgIpc) is 2.61. The number of hydrogen-bond acceptors (Lipinski definition) is 4. The molecule has 0 spiro atoms. The first-order valence-corrected chi connectivity index (χ1v) is 9.24. The number of carboxylic acids is 1. The third kappa shape index (κ3) is 4.99. The molecular formula is C16H7Cl5F3NO5. The fraction of sp³-hybridized carbons (Fsp3) is 0.125. The van der Waals surface area contributed by atoms with Crippen LogP contribution in [-0.2, 0) is 0 Å². The van der Waals surface area contributed by atoms with E-state index in [2.05, 4.69) is 21.7 Å². The standard InChI is InChI=1S/C16H7Cl5F3NO5/c17-9-7(8(14(27)28)10(18)12(20)11(9)19)13(26)25-5-2-1-3-6(4-5)30-16(24,29)15(21,22)23/h1-4,29H,(H,25,26)(H,27,28). The van der Waals surface area contributed by atoms with Crippen molar-refractivity contribution in [2.45, 2.75) is 11.4 Å². The first-order chi connectivity index (χ1) is 13.7. The molecule has 0 radical (unpaired) electrons. The molecule has 30 heavy (non-hydrogen) atoms. The number of carbonyl (C=O) groups excluding carboxylic acids is 1. The molecule has 0 saturated carbocycles. The second-order valence-electron chi connectivity index (χ2n) is 5.45. The molecule has 14 heteroatoms. The van der Waals surface area contributed by atoms with Crippen LogP contribution in [0.1, 0.15) is 20.7 Å². The summed E-state index contributed by atoms with van der Waals surface area (Å²) >= 11 is 27.9. The number of ether oxygens (including phenoxy) is 1. The molecule has 6 nitrogen and oxygen atoms in total. The molecule has 1 unspecified atom stereocenters. The van der Waals surface area contributed by atoms with Gasteiger partial charge in [0.1, 0.15) is 5.75 Å². The second-order valence-corrected chi connectivity index (χ2v) is 7.44. The fourth-order valence-electron chi connectivity index (χ4n) is 2.09. The van der Waals surface area contributed by atoms with Crippen molar-refractivity contribution in [1.82, 2.24) is 0 Å².